The molecule has 0 spiro atoms. The number of hydrogen-bond acceptors (Lipinski definition) is 1. The molecule has 0 saturated carbocycles. The second kappa shape index (κ2) is 2.94. The zero-order valence-electron chi connectivity index (χ0n) is 6.80. The molecule has 0 atom stereocenters. The monoisotopic (exact) mass is 224 g/mol. The molecular weight excluding hydrogens is 216 g/mol. The average molecular weight is 225 g/mol. The summed E-state index contributed by atoms with van der Waals surface area (Å²) in [4.78, 5) is 0. The van der Waals surface area contributed by atoms with E-state index in [1.807, 2.05) is 12.1 Å². The van der Waals surface area contributed by atoms with Crippen LogP contribution in [0.1, 0.15) is 11.1 Å². The van der Waals surface area contributed by atoms with Crippen molar-refractivity contribution in [2.24, 2.45) is 0 Å². The van der Waals surface area contributed by atoms with Crippen LogP contribution in [-0.4, -0.2) is 6.61 Å². The van der Waals surface area contributed by atoms with Gasteiger partial charge in [-0.2, -0.15) is 0 Å². The van der Waals surface area contributed by atoms with E-state index in [0.717, 1.165) is 10.2 Å². The Morgan fingerprint density at radius 1 is 1.42 bits per heavy atom. The number of aryl methyl sites for hydroxylation is 1. The number of benzene rings is 1. The van der Waals surface area contributed by atoms with E-state index in [2.05, 4.69) is 35.0 Å². The van der Waals surface area contributed by atoms with E-state index in [9.17, 15) is 0 Å². The highest BCUT2D eigenvalue weighted by atomic mass is 79.9. The predicted molar refractivity (Wildman–Crippen MR) is 53.4 cm³/mol. The van der Waals surface area contributed by atoms with Crippen molar-refractivity contribution in [3.63, 3.8) is 0 Å². The Hall–Kier alpha value is -0.760. The minimum absolute atomic E-state index is 0.676. The second-order valence-electron chi connectivity index (χ2n) is 2.82. The maximum atomic E-state index is 5.50. The van der Waals surface area contributed by atoms with Crippen molar-refractivity contribution in [2.45, 2.75) is 6.92 Å². The molecule has 0 unspecified atom stereocenters. The van der Waals surface area contributed by atoms with Gasteiger partial charge in [0.2, 0.25) is 0 Å². The van der Waals surface area contributed by atoms with Crippen LogP contribution in [0.25, 0.3) is 6.08 Å². The maximum Gasteiger partial charge on any atom is 0.141 e. The highest BCUT2D eigenvalue weighted by molar-refractivity contribution is 9.10. The van der Waals surface area contributed by atoms with Gasteiger partial charge in [-0.15, -0.1) is 0 Å². The van der Waals surface area contributed by atoms with E-state index >= 15 is 0 Å². The zero-order valence-corrected chi connectivity index (χ0v) is 8.39. The molecule has 0 fully saturated rings. The fourth-order valence-corrected chi connectivity index (χ4v) is 1.78. The fraction of sp³-hybridized carbons (Fsp3) is 0.200. The van der Waals surface area contributed by atoms with E-state index in [-0.39, 0.29) is 0 Å². The van der Waals surface area contributed by atoms with Crippen LogP contribution in [0, 0.1) is 6.92 Å². The molecule has 0 radical (unpaired) electrons. The van der Waals surface area contributed by atoms with Gasteiger partial charge in [-0.25, -0.2) is 0 Å². The molecule has 0 aliphatic carbocycles. The van der Waals surface area contributed by atoms with Crippen molar-refractivity contribution in [3.05, 3.63) is 33.8 Å². The first-order valence-electron chi connectivity index (χ1n) is 3.87. The topological polar surface area (TPSA) is 9.23 Å². The molecule has 0 aromatic heterocycles. The molecule has 1 aliphatic rings. The number of fused-ring (bicyclic) bond motifs is 1. The lowest BCUT2D eigenvalue weighted by Gasteiger charge is -2.15. The van der Waals surface area contributed by atoms with Crippen LogP contribution >= 0.6 is 15.9 Å². The first-order chi connectivity index (χ1) is 5.79. The van der Waals surface area contributed by atoms with Gasteiger partial charge in [0, 0.05) is 5.56 Å². The minimum atomic E-state index is 0.676. The van der Waals surface area contributed by atoms with Crippen LogP contribution in [-0.2, 0) is 0 Å². The summed E-state index contributed by atoms with van der Waals surface area (Å²) in [5.74, 6) is 0.970. The lowest BCUT2D eigenvalue weighted by Crippen LogP contribution is -2.02. The summed E-state index contributed by atoms with van der Waals surface area (Å²) >= 11 is 3.46. The third-order valence-corrected chi connectivity index (χ3v) is 2.60. The molecule has 12 heavy (non-hydrogen) atoms. The largest absolute Gasteiger partial charge is 0.488 e. The highest BCUT2D eigenvalue weighted by Gasteiger charge is 2.10. The molecule has 1 aromatic carbocycles. The van der Waals surface area contributed by atoms with Gasteiger partial charge in [-0.3, -0.25) is 0 Å². The Bertz CT molecular complexity index is 342. The third kappa shape index (κ3) is 1.16. The molecule has 1 aliphatic heterocycles. The number of ether oxygens (including phenoxy) is 1. The molecule has 0 N–H and O–H groups in total. The number of halogens is 1. The van der Waals surface area contributed by atoms with Gasteiger partial charge in [-0.1, -0.05) is 12.1 Å². The Kier molecular flexibility index (Phi) is 1.93. The summed E-state index contributed by atoms with van der Waals surface area (Å²) in [7, 11) is 0. The fourth-order valence-electron chi connectivity index (χ4n) is 1.32. The van der Waals surface area contributed by atoms with Crippen molar-refractivity contribution >= 4 is 22.0 Å². The molecule has 0 amide bonds. The van der Waals surface area contributed by atoms with Crippen molar-refractivity contribution in [1.29, 1.82) is 0 Å². The van der Waals surface area contributed by atoms with Crippen molar-refractivity contribution in [3.8, 4) is 5.75 Å². The van der Waals surface area contributed by atoms with Crippen LogP contribution < -0.4 is 4.74 Å². The Labute approximate surface area is 80.2 Å². The SMILES string of the molecule is Cc1ccc(Br)c2c1C=CCO2. The van der Waals surface area contributed by atoms with E-state index in [1.165, 1.54) is 11.1 Å². The average Bonchev–Trinajstić information content (AvgIpc) is 2.12. The number of rotatable bonds is 0. The van der Waals surface area contributed by atoms with Crippen LogP contribution in [0.15, 0.2) is 22.7 Å². The number of hydrogen-bond donors (Lipinski definition) is 0. The Balaban J connectivity index is 2.67. The maximum absolute atomic E-state index is 5.50. The molecule has 1 heterocycles. The second-order valence-corrected chi connectivity index (χ2v) is 3.67. The van der Waals surface area contributed by atoms with E-state index < -0.39 is 0 Å². The molecule has 62 valence electrons. The summed E-state index contributed by atoms with van der Waals surface area (Å²) < 4.78 is 6.54. The molecular formula is C10H9BrO. The third-order valence-electron chi connectivity index (χ3n) is 1.97. The predicted octanol–water partition coefficient (Wildman–Crippen LogP) is 3.16. The van der Waals surface area contributed by atoms with Gasteiger partial charge in [0.25, 0.3) is 0 Å². The zero-order chi connectivity index (χ0) is 8.55. The summed E-state index contributed by atoms with van der Waals surface area (Å²) in [5.41, 5.74) is 2.44. The van der Waals surface area contributed by atoms with Gasteiger partial charge >= 0.3 is 0 Å². The van der Waals surface area contributed by atoms with E-state index in [0.29, 0.717) is 6.61 Å². The quantitative estimate of drug-likeness (QED) is 0.658. The van der Waals surface area contributed by atoms with Crippen LogP contribution in [0.2, 0.25) is 0 Å². The summed E-state index contributed by atoms with van der Waals surface area (Å²) in [6.45, 7) is 2.76. The molecule has 1 aromatic rings. The van der Waals surface area contributed by atoms with Crippen LogP contribution in [0.5, 0.6) is 5.75 Å². The summed E-state index contributed by atoms with van der Waals surface area (Å²) in [6.07, 6.45) is 4.14. The highest BCUT2D eigenvalue weighted by Crippen LogP contribution is 2.34. The molecule has 2 heteroatoms. The lowest BCUT2D eigenvalue weighted by atomic mass is 10.1. The Morgan fingerprint density at radius 3 is 3.00 bits per heavy atom. The lowest BCUT2D eigenvalue weighted by molar-refractivity contribution is 0.356. The smallest absolute Gasteiger partial charge is 0.141 e. The minimum Gasteiger partial charge on any atom is -0.488 e. The van der Waals surface area contributed by atoms with Gasteiger partial charge < -0.3 is 4.74 Å². The van der Waals surface area contributed by atoms with Gasteiger partial charge in [0.15, 0.2) is 0 Å². The van der Waals surface area contributed by atoms with E-state index in [1.54, 1.807) is 0 Å². The summed E-state index contributed by atoms with van der Waals surface area (Å²) in [6, 6.07) is 4.11. The molecule has 1 nitrogen and oxygen atoms in total. The molecule has 0 saturated heterocycles. The van der Waals surface area contributed by atoms with Gasteiger partial charge in [0.05, 0.1) is 4.47 Å². The van der Waals surface area contributed by atoms with Crippen molar-refractivity contribution < 1.29 is 4.74 Å². The van der Waals surface area contributed by atoms with Crippen molar-refractivity contribution in [2.75, 3.05) is 6.61 Å². The normalized spacial score (nSPS) is 13.8. The molecule has 0 bridgehead atoms. The van der Waals surface area contributed by atoms with Crippen LogP contribution in [0.4, 0.5) is 0 Å². The molecule has 2 rings (SSSR count). The Morgan fingerprint density at radius 2 is 2.25 bits per heavy atom. The first kappa shape index (κ1) is 7.87. The van der Waals surface area contributed by atoms with Gasteiger partial charge in [0.1, 0.15) is 12.4 Å². The summed E-state index contributed by atoms with van der Waals surface area (Å²) in [5, 5.41) is 0. The van der Waals surface area contributed by atoms with Crippen molar-refractivity contribution in [1.82, 2.24) is 0 Å². The van der Waals surface area contributed by atoms with E-state index in [4.69, 9.17) is 4.74 Å². The van der Waals surface area contributed by atoms with Crippen LogP contribution in [0.3, 0.4) is 0 Å². The standard InChI is InChI=1S/C10H9BrO/c1-7-4-5-9(11)10-8(7)3-2-6-12-10/h2-5H,6H2,1H3. The van der Waals surface area contributed by atoms with Gasteiger partial charge in [-0.05, 0) is 40.6 Å². The first-order valence-corrected chi connectivity index (χ1v) is 4.67.